The Morgan fingerprint density at radius 2 is 1.66 bits per heavy atom. The fourth-order valence-electron chi connectivity index (χ4n) is 5.41. The Labute approximate surface area is 296 Å². The first kappa shape index (κ1) is 35.8. The highest BCUT2D eigenvalue weighted by atomic mass is 32.1. The number of amides is 2. The van der Waals surface area contributed by atoms with Crippen molar-refractivity contribution in [3.05, 3.63) is 106 Å². The van der Waals surface area contributed by atoms with E-state index in [1.165, 1.54) is 23.0 Å². The first-order valence-corrected chi connectivity index (χ1v) is 17.3. The van der Waals surface area contributed by atoms with Gasteiger partial charge in [0.05, 0.1) is 29.4 Å². The molecule has 1 fully saturated rings. The third kappa shape index (κ3) is 9.15. The maximum Gasteiger partial charge on any atom is 0.407 e. The summed E-state index contributed by atoms with van der Waals surface area (Å²) in [5, 5.41) is 30.9. The average molecular weight is 692 g/mol. The third-order valence-corrected chi connectivity index (χ3v) is 9.11. The molecule has 0 aliphatic heterocycles. The first-order chi connectivity index (χ1) is 23.7. The zero-order chi connectivity index (χ0) is 36.1. The summed E-state index contributed by atoms with van der Waals surface area (Å²) < 4.78 is 5.37. The highest BCUT2D eigenvalue weighted by molar-refractivity contribution is 7.14. The van der Waals surface area contributed by atoms with Crippen LogP contribution >= 0.6 is 11.3 Å². The standard InChI is InChI=1S/C39H41N5O5S/c1-38(2,3)49-37(48)42-23-39(4,5)31-14-8-13-28(19-31)34(45)41-21-32(25-9-6-10-25)43-36-44-33(22-50-36)27-12-7-11-26(17-27)29-15-24(20-40)16-30(18-29)35(46)47/h7-8,11-19,22H,6,9-10,21,23H2,1-5H3,(H,41,45)(H,42,48)(H,43,44)(H,46,47). The molecule has 10 nitrogen and oxygen atoms in total. The lowest BCUT2D eigenvalue weighted by Crippen LogP contribution is -2.40. The van der Waals surface area contributed by atoms with E-state index in [0.29, 0.717) is 29.3 Å². The van der Waals surface area contributed by atoms with Crippen molar-refractivity contribution in [2.24, 2.45) is 0 Å². The second-order valence-electron chi connectivity index (χ2n) is 13.9. The van der Waals surface area contributed by atoms with Gasteiger partial charge in [-0.1, -0.05) is 44.2 Å². The van der Waals surface area contributed by atoms with E-state index in [9.17, 15) is 24.8 Å². The number of hydrogen-bond acceptors (Lipinski definition) is 8. The number of alkyl carbamates (subject to hydrolysis) is 1. The number of ether oxygens (including phenoxy) is 1. The average Bonchev–Trinajstić information content (AvgIpc) is 3.53. The second kappa shape index (κ2) is 15.0. The Morgan fingerprint density at radius 1 is 0.920 bits per heavy atom. The van der Waals surface area contributed by atoms with Crippen molar-refractivity contribution in [2.45, 2.75) is 64.9 Å². The van der Waals surface area contributed by atoms with Gasteiger partial charge in [-0.05, 0) is 98.7 Å². The molecule has 0 spiro atoms. The summed E-state index contributed by atoms with van der Waals surface area (Å²) in [4.78, 5) is 42.0. The van der Waals surface area contributed by atoms with Crippen molar-refractivity contribution in [3.63, 3.8) is 0 Å². The second-order valence-corrected chi connectivity index (χ2v) is 14.8. The lowest BCUT2D eigenvalue weighted by atomic mass is 9.84. The number of nitrogens with zero attached hydrogens (tertiary/aromatic N) is 2. The number of aromatic nitrogens is 1. The van der Waals surface area contributed by atoms with Gasteiger partial charge < -0.3 is 25.8 Å². The normalized spacial score (nSPS) is 12.7. The van der Waals surface area contributed by atoms with Gasteiger partial charge in [-0.15, -0.1) is 11.3 Å². The molecular weight excluding hydrogens is 651 g/mol. The van der Waals surface area contributed by atoms with Crippen LogP contribution in [0.25, 0.3) is 22.4 Å². The van der Waals surface area contributed by atoms with E-state index in [0.717, 1.165) is 47.3 Å². The van der Waals surface area contributed by atoms with Gasteiger partial charge >= 0.3 is 12.1 Å². The number of thiazole rings is 1. The molecule has 1 saturated carbocycles. The Bertz CT molecular complexity index is 1990. The molecule has 0 saturated heterocycles. The van der Waals surface area contributed by atoms with E-state index in [1.807, 2.05) is 88.5 Å². The summed E-state index contributed by atoms with van der Waals surface area (Å²) in [6.07, 6.45) is 2.51. The van der Waals surface area contributed by atoms with Gasteiger partial charge in [0.15, 0.2) is 5.13 Å². The zero-order valence-corrected chi connectivity index (χ0v) is 29.7. The molecule has 4 N–H and O–H groups in total. The number of carboxylic acid groups (broad SMARTS) is 1. The molecule has 0 bridgehead atoms. The first-order valence-electron chi connectivity index (χ1n) is 16.4. The molecule has 5 rings (SSSR count). The van der Waals surface area contributed by atoms with Gasteiger partial charge in [-0.2, -0.15) is 5.26 Å². The molecule has 0 atom stereocenters. The van der Waals surface area contributed by atoms with Crippen molar-refractivity contribution in [1.29, 1.82) is 5.26 Å². The largest absolute Gasteiger partial charge is 0.478 e. The minimum absolute atomic E-state index is 0.0531. The summed E-state index contributed by atoms with van der Waals surface area (Å²) >= 11 is 1.45. The van der Waals surface area contributed by atoms with Crippen molar-refractivity contribution < 1.29 is 24.2 Å². The van der Waals surface area contributed by atoms with Gasteiger partial charge in [0.2, 0.25) is 0 Å². The third-order valence-electron chi connectivity index (χ3n) is 8.35. The highest BCUT2D eigenvalue weighted by Gasteiger charge is 2.25. The molecule has 1 aromatic heterocycles. The molecule has 0 unspecified atom stereocenters. The quantitative estimate of drug-likeness (QED) is 0.123. The van der Waals surface area contributed by atoms with E-state index in [-0.39, 0.29) is 17.0 Å². The highest BCUT2D eigenvalue weighted by Crippen LogP contribution is 2.33. The van der Waals surface area contributed by atoms with E-state index < -0.39 is 23.1 Å². The van der Waals surface area contributed by atoms with Crippen molar-refractivity contribution in [1.82, 2.24) is 15.6 Å². The van der Waals surface area contributed by atoms with Gasteiger partial charge in [0.25, 0.3) is 5.91 Å². The van der Waals surface area contributed by atoms with Crippen LogP contribution in [-0.2, 0) is 10.2 Å². The van der Waals surface area contributed by atoms with Gasteiger partial charge in [-0.3, -0.25) is 4.79 Å². The molecular formula is C39H41N5O5S. The number of nitrogens with one attached hydrogen (secondary N) is 3. The van der Waals surface area contributed by atoms with Crippen molar-refractivity contribution in [3.8, 4) is 28.5 Å². The van der Waals surface area contributed by atoms with E-state index in [1.54, 1.807) is 18.2 Å². The smallest absolute Gasteiger partial charge is 0.407 e. The summed E-state index contributed by atoms with van der Waals surface area (Å²) in [6.45, 7) is 10.1. The fourth-order valence-corrected chi connectivity index (χ4v) is 6.15. The van der Waals surface area contributed by atoms with E-state index >= 15 is 0 Å². The van der Waals surface area contributed by atoms with Crippen LogP contribution in [0.5, 0.6) is 0 Å². The molecule has 3 aromatic carbocycles. The number of aromatic carboxylic acids is 1. The predicted octanol–water partition coefficient (Wildman–Crippen LogP) is 8.13. The Hall–Kier alpha value is -5.47. The lowest BCUT2D eigenvalue weighted by molar-refractivity contribution is 0.0516. The summed E-state index contributed by atoms with van der Waals surface area (Å²) in [5.74, 6) is -1.30. The molecule has 0 radical (unpaired) electrons. The number of rotatable bonds is 11. The number of allylic oxidation sites excluding steroid dienone is 1. The van der Waals surface area contributed by atoms with Crippen LogP contribution in [0.1, 0.15) is 85.7 Å². The molecule has 2 amide bonds. The summed E-state index contributed by atoms with van der Waals surface area (Å²) in [5.41, 5.74) is 5.91. The number of benzene rings is 3. The van der Waals surface area contributed by atoms with E-state index in [2.05, 4.69) is 16.0 Å². The van der Waals surface area contributed by atoms with Crippen LogP contribution in [0.15, 0.2) is 83.4 Å². The summed E-state index contributed by atoms with van der Waals surface area (Å²) in [6, 6.07) is 21.7. The van der Waals surface area contributed by atoms with Crippen LogP contribution in [0.4, 0.5) is 9.93 Å². The summed E-state index contributed by atoms with van der Waals surface area (Å²) in [7, 11) is 0. The Morgan fingerprint density at radius 3 is 2.34 bits per heavy atom. The topological polar surface area (TPSA) is 153 Å². The number of hydrogen-bond donors (Lipinski definition) is 4. The van der Waals surface area contributed by atoms with Gasteiger partial charge in [0, 0.05) is 34.2 Å². The number of carbonyl (C=O) groups is 3. The van der Waals surface area contributed by atoms with Crippen molar-refractivity contribution in [2.75, 3.05) is 18.4 Å². The van der Waals surface area contributed by atoms with Crippen LogP contribution in [0.3, 0.4) is 0 Å². The van der Waals surface area contributed by atoms with Gasteiger partial charge in [0.1, 0.15) is 5.60 Å². The monoisotopic (exact) mass is 691 g/mol. The van der Waals surface area contributed by atoms with Gasteiger partial charge in [-0.25, -0.2) is 14.6 Å². The molecule has 11 heteroatoms. The minimum atomic E-state index is -1.09. The minimum Gasteiger partial charge on any atom is -0.478 e. The number of carboxylic acids is 1. The van der Waals surface area contributed by atoms with Crippen LogP contribution in [0, 0.1) is 11.3 Å². The predicted molar refractivity (Wildman–Crippen MR) is 195 cm³/mol. The molecule has 258 valence electrons. The zero-order valence-electron chi connectivity index (χ0n) is 28.8. The molecule has 1 aliphatic rings. The molecule has 1 aliphatic carbocycles. The Balaban J connectivity index is 1.25. The van der Waals surface area contributed by atoms with E-state index in [4.69, 9.17) is 9.72 Å². The Kier molecular flexibility index (Phi) is 10.7. The molecule has 4 aromatic rings. The van der Waals surface area contributed by atoms with Crippen LogP contribution in [-0.4, -0.2) is 46.8 Å². The lowest BCUT2D eigenvalue weighted by Gasteiger charge is -2.27. The number of carbonyl (C=O) groups excluding carboxylic acids is 2. The molecule has 1 heterocycles. The van der Waals surface area contributed by atoms with Crippen molar-refractivity contribution >= 4 is 34.4 Å². The van der Waals surface area contributed by atoms with Crippen LogP contribution in [0.2, 0.25) is 0 Å². The maximum atomic E-state index is 13.4. The van der Waals surface area contributed by atoms with Crippen LogP contribution < -0.4 is 16.0 Å². The SMILES string of the molecule is CC(C)(C)OC(=O)NCC(C)(C)c1cccc(C(=O)NCC(Nc2nc(-c3cccc(-c4cc(C#N)cc(C(=O)O)c4)c3)cs2)=C2CCC2)c1. The fraction of sp³-hybridized carbons (Fsp3) is 0.308. The molecule has 50 heavy (non-hydrogen) atoms. The maximum absolute atomic E-state index is 13.4. The number of nitriles is 1. The number of anilines is 1.